The fourth-order valence-electron chi connectivity index (χ4n) is 6.97. The lowest BCUT2D eigenvalue weighted by molar-refractivity contribution is -0.127. The second kappa shape index (κ2) is 54.8. The van der Waals surface area contributed by atoms with E-state index in [0.29, 0.717) is 63.2 Å². The molecule has 0 aliphatic carbocycles. The Kier molecular flexibility index (Phi) is 50.9. The summed E-state index contributed by atoms with van der Waals surface area (Å²) in [6.45, 7) is 12.7. The van der Waals surface area contributed by atoms with Crippen LogP contribution in [0.3, 0.4) is 0 Å². The Labute approximate surface area is 515 Å². The van der Waals surface area contributed by atoms with Gasteiger partial charge in [0.05, 0.1) is 122 Å². The number of primary amides is 1. The van der Waals surface area contributed by atoms with Crippen molar-refractivity contribution in [3.05, 3.63) is 0 Å². The second-order valence-electron chi connectivity index (χ2n) is 20.2. The van der Waals surface area contributed by atoms with Crippen molar-refractivity contribution in [1.82, 2.24) is 58.5 Å². The summed E-state index contributed by atoms with van der Waals surface area (Å²) in [7, 11) is 0. The number of carbonyl (C=O) groups excluding carboxylic acids is 9. The maximum atomic E-state index is 12.8. The highest BCUT2D eigenvalue weighted by molar-refractivity contribution is 5.90. The molecule has 0 aromatic heterocycles. The van der Waals surface area contributed by atoms with Gasteiger partial charge in [0.1, 0.15) is 26.4 Å². The van der Waals surface area contributed by atoms with Crippen molar-refractivity contribution in [2.24, 2.45) is 21.8 Å². The summed E-state index contributed by atoms with van der Waals surface area (Å²) < 4.78 is 42.5. The Hall–Kier alpha value is -6.31. The number of unbranched alkanes of at least 4 members (excludes halogenated alkanes) is 1. The normalized spacial score (nSPS) is 12.8. The molecule has 0 aliphatic heterocycles. The standard InChI is InChI=1S/C54H103N15O19/c1-40(41(2)68-79)62-32-43(33-66-54(4,5)42(3)69-80)67-48(73)14-9-13-45(70)57-15-7-6-10-44(53(56)78)64-39-65-52(77)37-88-31-27-84-23-19-61-50(75)35-86-29-25-82-21-17-59-47(72)12-8-11-46(71)58-16-20-81-24-28-85-34-49(74)60-18-22-83-26-30-87-36-51(76)63-38-55/h40,43-44,62,64,66,79-80H,6-39,55H2,1-5H3,(H2,56,78)(H,57,70)(H,58,71)(H,59,72)(H,60,74)(H,61,75)(H,63,76)(H,65,77)(H,67,73)/b68-41-,69-42-/t40?,43?,44-/m0/s1. The molecule has 0 fully saturated rings. The molecule has 0 aromatic rings. The topological polar surface area (TPSA) is 477 Å². The lowest BCUT2D eigenvalue weighted by Crippen LogP contribution is -2.55. The Balaban J connectivity index is 3.85. The Morgan fingerprint density at radius 1 is 0.466 bits per heavy atom. The van der Waals surface area contributed by atoms with E-state index in [1.165, 1.54) is 0 Å². The first-order chi connectivity index (χ1) is 42.2. The molecular weight excluding hydrogens is 1160 g/mol. The fraction of sp³-hybridized carbons (Fsp3) is 0.796. The Bertz CT molecular complexity index is 2030. The van der Waals surface area contributed by atoms with Gasteiger partial charge in [-0.15, -0.1) is 0 Å². The van der Waals surface area contributed by atoms with Crippen LogP contribution < -0.4 is 70.0 Å². The van der Waals surface area contributed by atoms with Crippen LogP contribution in [0, 0.1) is 0 Å². The molecule has 34 nitrogen and oxygen atoms in total. The average Bonchev–Trinajstić information content (AvgIpc) is 3.69. The van der Waals surface area contributed by atoms with Gasteiger partial charge in [0.15, 0.2) is 0 Å². The summed E-state index contributed by atoms with van der Waals surface area (Å²) in [6, 6.07) is -1.34. The van der Waals surface area contributed by atoms with Gasteiger partial charge in [-0.3, -0.25) is 48.5 Å². The molecule has 34 heteroatoms. The fourth-order valence-corrected chi connectivity index (χ4v) is 6.97. The van der Waals surface area contributed by atoms with E-state index in [4.69, 9.17) is 54.6 Å². The van der Waals surface area contributed by atoms with Gasteiger partial charge in [-0.2, -0.15) is 0 Å². The molecule has 17 N–H and O–H groups in total. The van der Waals surface area contributed by atoms with Crippen LogP contribution in [-0.2, 0) is 81.0 Å². The third-order valence-corrected chi connectivity index (χ3v) is 12.5. The predicted molar refractivity (Wildman–Crippen MR) is 321 cm³/mol. The van der Waals surface area contributed by atoms with Crippen LogP contribution in [0.4, 0.5) is 0 Å². The molecule has 0 rings (SSSR count). The van der Waals surface area contributed by atoms with Gasteiger partial charge in [-0.25, -0.2) is 0 Å². The van der Waals surface area contributed by atoms with Crippen LogP contribution in [0.25, 0.3) is 0 Å². The largest absolute Gasteiger partial charge is 0.411 e. The number of nitrogens with two attached hydrogens (primary N) is 2. The predicted octanol–water partition coefficient (Wildman–Crippen LogP) is -4.71. The van der Waals surface area contributed by atoms with Gasteiger partial charge in [-0.05, 0) is 66.7 Å². The van der Waals surface area contributed by atoms with Crippen LogP contribution in [0.5, 0.6) is 0 Å². The van der Waals surface area contributed by atoms with E-state index < -0.39 is 23.4 Å². The molecule has 508 valence electrons. The molecular formula is C54H103N15O19. The summed E-state index contributed by atoms with van der Waals surface area (Å²) in [5.74, 6) is -2.91. The zero-order valence-electron chi connectivity index (χ0n) is 52.2. The van der Waals surface area contributed by atoms with Gasteiger partial charge in [0, 0.05) is 77.5 Å². The minimum absolute atomic E-state index is 0.0328. The number of hydrogen-bond donors (Lipinski definition) is 15. The van der Waals surface area contributed by atoms with Gasteiger partial charge in [0.2, 0.25) is 53.2 Å². The van der Waals surface area contributed by atoms with Gasteiger partial charge < -0.3 is 113 Å². The smallest absolute Gasteiger partial charge is 0.246 e. The number of ether oxygens (including phenoxy) is 8. The van der Waals surface area contributed by atoms with Gasteiger partial charge in [-0.1, -0.05) is 10.3 Å². The number of carbonyl (C=O) groups is 9. The molecule has 3 atom stereocenters. The van der Waals surface area contributed by atoms with Crippen LogP contribution in [0.2, 0.25) is 0 Å². The Morgan fingerprint density at radius 2 is 0.864 bits per heavy atom. The highest BCUT2D eigenvalue weighted by Gasteiger charge is 2.25. The quantitative estimate of drug-likeness (QED) is 0.00894. The molecule has 2 unspecified atom stereocenters. The van der Waals surface area contributed by atoms with Crippen LogP contribution in [0.1, 0.15) is 92.4 Å². The van der Waals surface area contributed by atoms with Crippen LogP contribution in [0.15, 0.2) is 10.3 Å². The second-order valence-corrected chi connectivity index (χ2v) is 20.2. The molecule has 0 bridgehead atoms. The maximum Gasteiger partial charge on any atom is 0.246 e. The number of nitrogens with one attached hydrogen (secondary N) is 11. The SMILES string of the molecule is C/C(=N/O)C(C)NCC(CNC(C)(C)/C(C)=N\O)NC(=O)CCCC(=O)NCCCC[C@H](NCNC(=O)COCCOCCNC(=O)COCCOCCNC(=O)CCCC(=O)NCCOCCOCC(=O)NCCOCCOCC(=O)NCN)C(N)=O. The molecule has 0 saturated heterocycles. The summed E-state index contributed by atoms with van der Waals surface area (Å²) in [5.41, 5.74) is 11.0. The number of hydrogen-bond acceptors (Lipinski definition) is 25. The molecule has 0 heterocycles. The van der Waals surface area contributed by atoms with E-state index in [1.807, 2.05) is 20.8 Å². The lowest BCUT2D eigenvalue weighted by Gasteiger charge is -2.29. The molecule has 0 aromatic carbocycles. The van der Waals surface area contributed by atoms with Crippen molar-refractivity contribution in [1.29, 1.82) is 0 Å². The van der Waals surface area contributed by atoms with E-state index in [2.05, 4.69) is 68.8 Å². The minimum atomic E-state index is -0.722. The van der Waals surface area contributed by atoms with Gasteiger partial charge >= 0.3 is 0 Å². The van der Waals surface area contributed by atoms with E-state index in [1.54, 1.807) is 13.8 Å². The maximum absolute atomic E-state index is 12.8. The molecule has 0 spiro atoms. The molecule has 9 amide bonds. The number of amides is 9. The van der Waals surface area contributed by atoms with E-state index in [0.717, 1.165) is 0 Å². The minimum Gasteiger partial charge on any atom is -0.411 e. The van der Waals surface area contributed by atoms with Crippen molar-refractivity contribution in [2.75, 3.05) is 165 Å². The first-order valence-corrected chi connectivity index (χ1v) is 29.6. The van der Waals surface area contributed by atoms with Gasteiger partial charge in [0.25, 0.3) is 0 Å². The van der Waals surface area contributed by atoms with E-state index in [9.17, 15) is 48.4 Å². The zero-order chi connectivity index (χ0) is 65.5. The first-order valence-electron chi connectivity index (χ1n) is 29.6. The average molecular weight is 1270 g/mol. The third kappa shape index (κ3) is 49.7. The summed E-state index contributed by atoms with van der Waals surface area (Å²) in [5, 5.41) is 55.7. The molecule has 0 radical (unpaired) electrons. The number of oxime groups is 2. The Morgan fingerprint density at radius 3 is 1.28 bits per heavy atom. The van der Waals surface area contributed by atoms with Crippen molar-refractivity contribution >= 4 is 64.6 Å². The first kappa shape index (κ1) is 81.7. The monoisotopic (exact) mass is 1270 g/mol. The number of rotatable bonds is 59. The summed E-state index contributed by atoms with van der Waals surface area (Å²) in [6.07, 6.45) is 2.73. The van der Waals surface area contributed by atoms with E-state index in [-0.39, 0.29) is 224 Å². The third-order valence-electron chi connectivity index (χ3n) is 12.5. The van der Waals surface area contributed by atoms with Crippen molar-refractivity contribution in [3.63, 3.8) is 0 Å². The molecule has 0 aliphatic rings. The van der Waals surface area contributed by atoms with E-state index >= 15 is 0 Å². The molecule has 0 saturated carbocycles. The summed E-state index contributed by atoms with van der Waals surface area (Å²) >= 11 is 0. The number of nitrogens with zero attached hydrogens (tertiary/aromatic N) is 2. The summed E-state index contributed by atoms with van der Waals surface area (Å²) in [4.78, 5) is 109. The zero-order valence-corrected chi connectivity index (χ0v) is 52.2. The van der Waals surface area contributed by atoms with Crippen molar-refractivity contribution in [2.45, 2.75) is 116 Å². The van der Waals surface area contributed by atoms with Crippen molar-refractivity contribution < 1.29 is 91.5 Å². The highest BCUT2D eigenvalue weighted by atomic mass is 16.5. The van der Waals surface area contributed by atoms with Crippen molar-refractivity contribution in [3.8, 4) is 0 Å². The van der Waals surface area contributed by atoms with Crippen LogP contribution in [-0.4, -0.2) is 264 Å². The highest BCUT2D eigenvalue weighted by Crippen LogP contribution is 2.06. The lowest BCUT2D eigenvalue weighted by atomic mass is 9.99. The molecule has 88 heavy (non-hydrogen) atoms. The van der Waals surface area contributed by atoms with Crippen LogP contribution >= 0.6 is 0 Å².